The second-order valence-corrected chi connectivity index (χ2v) is 3.72. The van der Waals surface area contributed by atoms with Crippen LogP contribution in [-0.4, -0.2) is 10.9 Å². The number of hydrogen-bond acceptors (Lipinski definition) is 4. The summed E-state index contributed by atoms with van der Waals surface area (Å²) >= 11 is 0. The molecule has 1 amide bonds. The summed E-state index contributed by atoms with van der Waals surface area (Å²) in [4.78, 5) is 14.9. The van der Waals surface area contributed by atoms with Gasteiger partial charge in [-0.15, -0.1) is 0 Å². The molecule has 2 aromatic rings. The number of hydrogen-bond donors (Lipinski definition) is 2. The van der Waals surface area contributed by atoms with E-state index < -0.39 is 5.91 Å². The summed E-state index contributed by atoms with van der Waals surface area (Å²) in [5.74, 6) is 0.745. The van der Waals surface area contributed by atoms with Crippen LogP contribution in [0.2, 0.25) is 0 Å². The first-order valence-electron chi connectivity index (χ1n) is 5.41. The number of aromatic nitrogens is 1. The first kappa shape index (κ1) is 12.1. The normalized spacial score (nSPS) is 10.1. The maximum absolute atomic E-state index is 10.9. The third-order valence-electron chi connectivity index (χ3n) is 2.38. The van der Waals surface area contributed by atoms with Crippen molar-refractivity contribution < 1.29 is 9.53 Å². The molecular formula is C13H13N3O2. The molecule has 1 heterocycles. The Morgan fingerprint density at radius 3 is 2.50 bits per heavy atom. The smallest absolute Gasteiger partial charge is 0.248 e. The number of rotatable bonds is 4. The van der Waals surface area contributed by atoms with Crippen LogP contribution < -0.4 is 16.2 Å². The van der Waals surface area contributed by atoms with Crippen LogP contribution in [0.1, 0.15) is 15.9 Å². The highest BCUT2D eigenvalue weighted by Gasteiger charge is 2.02. The minimum atomic E-state index is -0.464. The minimum Gasteiger partial charge on any atom is -0.456 e. The van der Waals surface area contributed by atoms with Crippen LogP contribution in [0, 0.1) is 0 Å². The molecule has 1 aromatic carbocycles. The van der Waals surface area contributed by atoms with Crippen molar-refractivity contribution in [3.05, 3.63) is 53.9 Å². The first-order valence-corrected chi connectivity index (χ1v) is 5.41. The van der Waals surface area contributed by atoms with Gasteiger partial charge in [-0.2, -0.15) is 0 Å². The third-order valence-corrected chi connectivity index (χ3v) is 2.38. The first-order chi connectivity index (χ1) is 8.69. The second kappa shape index (κ2) is 5.29. The van der Waals surface area contributed by atoms with Gasteiger partial charge in [0.25, 0.3) is 0 Å². The fourth-order valence-corrected chi connectivity index (χ4v) is 1.45. The van der Waals surface area contributed by atoms with Crippen LogP contribution >= 0.6 is 0 Å². The van der Waals surface area contributed by atoms with E-state index in [1.807, 2.05) is 6.07 Å². The van der Waals surface area contributed by atoms with Crippen molar-refractivity contribution in [3.8, 4) is 11.5 Å². The van der Waals surface area contributed by atoms with Crippen LogP contribution in [-0.2, 0) is 6.54 Å². The standard InChI is InChI=1S/C13H13N3O2/c14-6-9-5-12(8-16-7-9)18-11-3-1-10(2-4-11)13(15)17/h1-5,7-8H,6,14H2,(H2,15,17). The molecule has 92 valence electrons. The summed E-state index contributed by atoms with van der Waals surface area (Å²) in [6.45, 7) is 0.408. The zero-order valence-corrected chi connectivity index (χ0v) is 9.67. The number of pyridine rings is 1. The summed E-state index contributed by atoms with van der Waals surface area (Å²) in [5, 5.41) is 0. The Morgan fingerprint density at radius 2 is 1.89 bits per heavy atom. The van der Waals surface area contributed by atoms with Crippen molar-refractivity contribution >= 4 is 5.91 Å². The van der Waals surface area contributed by atoms with Gasteiger partial charge in [-0.3, -0.25) is 9.78 Å². The number of ether oxygens (including phenoxy) is 1. The molecule has 0 fully saturated rings. The number of carbonyl (C=O) groups is 1. The molecule has 18 heavy (non-hydrogen) atoms. The molecule has 0 bridgehead atoms. The SMILES string of the molecule is NCc1cncc(Oc2ccc(C(N)=O)cc2)c1. The Hall–Kier alpha value is -2.40. The fourth-order valence-electron chi connectivity index (χ4n) is 1.45. The minimum absolute atomic E-state index is 0.408. The molecular weight excluding hydrogens is 230 g/mol. The maximum Gasteiger partial charge on any atom is 0.248 e. The lowest BCUT2D eigenvalue weighted by Gasteiger charge is -2.06. The lowest BCUT2D eigenvalue weighted by Crippen LogP contribution is -2.10. The molecule has 0 radical (unpaired) electrons. The summed E-state index contributed by atoms with van der Waals surface area (Å²) in [6.07, 6.45) is 3.28. The topological polar surface area (TPSA) is 91.2 Å². The monoisotopic (exact) mass is 243 g/mol. The zero-order valence-electron chi connectivity index (χ0n) is 9.67. The largest absolute Gasteiger partial charge is 0.456 e. The van der Waals surface area contributed by atoms with Crippen LogP contribution in [0.4, 0.5) is 0 Å². The van der Waals surface area contributed by atoms with E-state index >= 15 is 0 Å². The molecule has 0 spiro atoms. The molecule has 0 saturated heterocycles. The molecule has 5 nitrogen and oxygen atoms in total. The van der Waals surface area contributed by atoms with Gasteiger partial charge >= 0.3 is 0 Å². The number of nitrogens with zero attached hydrogens (tertiary/aromatic N) is 1. The highest BCUT2D eigenvalue weighted by Crippen LogP contribution is 2.21. The Balaban J connectivity index is 2.15. The van der Waals surface area contributed by atoms with Crippen molar-refractivity contribution in [2.24, 2.45) is 11.5 Å². The van der Waals surface area contributed by atoms with Crippen molar-refractivity contribution in [1.29, 1.82) is 0 Å². The van der Waals surface area contributed by atoms with E-state index in [0.29, 0.717) is 23.6 Å². The van der Waals surface area contributed by atoms with E-state index in [1.54, 1.807) is 36.7 Å². The van der Waals surface area contributed by atoms with E-state index in [4.69, 9.17) is 16.2 Å². The number of benzene rings is 1. The van der Waals surface area contributed by atoms with Gasteiger partial charge < -0.3 is 16.2 Å². The maximum atomic E-state index is 10.9. The van der Waals surface area contributed by atoms with E-state index in [0.717, 1.165) is 5.56 Å². The predicted molar refractivity (Wildman–Crippen MR) is 67.2 cm³/mol. The summed E-state index contributed by atoms with van der Waals surface area (Å²) < 4.78 is 5.59. The van der Waals surface area contributed by atoms with Gasteiger partial charge in [0.05, 0.1) is 6.20 Å². The molecule has 0 aliphatic rings. The van der Waals surface area contributed by atoms with Gasteiger partial charge in [-0.1, -0.05) is 0 Å². The Labute approximate surface area is 104 Å². The van der Waals surface area contributed by atoms with Crippen molar-refractivity contribution in [2.75, 3.05) is 0 Å². The van der Waals surface area contributed by atoms with Crippen LogP contribution in [0.25, 0.3) is 0 Å². The second-order valence-electron chi connectivity index (χ2n) is 3.72. The van der Waals surface area contributed by atoms with Crippen molar-refractivity contribution in [1.82, 2.24) is 4.98 Å². The van der Waals surface area contributed by atoms with Crippen molar-refractivity contribution in [3.63, 3.8) is 0 Å². The summed E-state index contributed by atoms with van der Waals surface area (Å²) in [5.41, 5.74) is 12.0. The number of nitrogens with two attached hydrogens (primary N) is 2. The highest BCUT2D eigenvalue weighted by atomic mass is 16.5. The van der Waals surface area contributed by atoms with E-state index in [2.05, 4.69) is 4.98 Å². The van der Waals surface area contributed by atoms with Gasteiger partial charge in [0, 0.05) is 18.3 Å². The molecule has 5 heteroatoms. The number of carbonyl (C=O) groups excluding carboxylic acids is 1. The molecule has 2 rings (SSSR count). The molecule has 0 saturated carbocycles. The number of amides is 1. The van der Waals surface area contributed by atoms with E-state index in [1.165, 1.54) is 0 Å². The Bertz CT molecular complexity index is 552. The lowest BCUT2D eigenvalue weighted by atomic mass is 10.2. The van der Waals surface area contributed by atoms with Gasteiger partial charge in [0.1, 0.15) is 11.5 Å². The van der Waals surface area contributed by atoms with Gasteiger partial charge in [0.15, 0.2) is 0 Å². The highest BCUT2D eigenvalue weighted by molar-refractivity contribution is 5.92. The Kier molecular flexibility index (Phi) is 3.54. The van der Waals surface area contributed by atoms with Crippen LogP contribution in [0.15, 0.2) is 42.7 Å². The summed E-state index contributed by atoms with van der Waals surface area (Å²) in [7, 11) is 0. The number of primary amides is 1. The van der Waals surface area contributed by atoms with Crippen LogP contribution in [0.5, 0.6) is 11.5 Å². The van der Waals surface area contributed by atoms with Gasteiger partial charge in [-0.05, 0) is 35.9 Å². The quantitative estimate of drug-likeness (QED) is 0.849. The molecule has 0 aliphatic heterocycles. The summed E-state index contributed by atoms with van der Waals surface area (Å²) in [6, 6.07) is 8.38. The fraction of sp³-hybridized carbons (Fsp3) is 0.0769. The average Bonchev–Trinajstić information content (AvgIpc) is 2.39. The molecule has 4 N–H and O–H groups in total. The molecule has 0 atom stereocenters. The van der Waals surface area contributed by atoms with Crippen LogP contribution in [0.3, 0.4) is 0 Å². The molecule has 0 unspecified atom stereocenters. The zero-order chi connectivity index (χ0) is 13.0. The van der Waals surface area contributed by atoms with Crippen molar-refractivity contribution in [2.45, 2.75) is 6.54 Å². The van der Waals surface area contributed by atoms with E-state index in [-0.39, 0.29) is 0 Å². The third kappa shape index (κ3) is 2.83. The molecule has 0 aliphatic carbocycles. The van der Waals surface area contributed by atoms with Gasteiger partial charge in [0.2, 0.25) is 5.91 Å². The van der Waals surface area contributed by atoms with E-state index in [9.17, 15) is 4.79 Å². The average molecular weight is 243 g/mol. The lowest BCUT2D eigenvalue weighted by molar-refractivity contribution is 0.100. The molecule has 1 aromatic heterocycles. The predicted octanol–water partition coefficient (Wildman–Crippen LogP) is 1.43. The van der Waals surface area contributed by atoms with Gasteiger partial charge in [-0.25, -0.2) is 0 Å². The Morgan fingerprint density at radius 1 is 1.17 bits per heavy atom.